The van der Waals surface area contributed by atoms with Crippen LogP contribution in [0.4, 0.5) is 10.6 Å². The fraction of sp³-hybridized carbons (Fsp3) is 0.667. The summed E-state index contributed by atoms with van der Waals surface area (Å²) in [5, 5.41) is 6.04. The monoisotopic (exact) mass is 332 g/mol. The topological polar surface area (TPSA) is 66.5 Å². The third-order valence-corrected chi connectivity index (χ3v) is 4.79. The molecule has 3 rings (SSSR count). The second-order valence-electron chi connectivity index (χ2n) is 6.64. The number of rotatable bonds is 4. The number of nitrogens with zero attached hydrogens (tertiary/aromatic N) is 2. The summed E-state index contributed by atoms with van der Waals surface area (Å²) in [6.07, 6.45) is 9.07. The predicted octanol–water partition coefficient (Wildman–Crippen LogP) is 2.44. The number of amides is 2. The zero-order valence-corrected chi connectivity index (χ0v) is 14.3. The molecule has 6 heteroatoms. The van der Waals surface area contributed by atoms with Crippen molar-refractivity contribution in [2.24, 2.45) is 0 Å². The SMILES string of the molecule is O=C(NCc1ccc(N2CCOCC2)nc1)NC1CCCCCC1. The minimum atomic E-state index is -0.0702. The van der Waals surface area contributed by atoms with E-state index in [-0.39, 0.29) is 6.03 Å². The van der Waals surface area contributed by atoms with E-state index in [1.165, 1.54) is 25.7 Å². The van der Waals surface area contributed by atoms with Crippen molar-refractivity contribution in [3.8, 4) is 0 Å². The number of carbonyl (C=O) groups is 1. The number of hydrogen-bond donors (Lipinski definition) is 2. The average Bonchev–Trinajstić information content (AvgIpc) is 2.90. The summed E-state index contributed by atoms with van der Waals surface area (Å²) < 4.78 is 5.36. The van der Waals surface area contributed by atoms with Crippen LogP contribution in [-0.2, 0) is 11.3 Å². The van der Waals surface area contributed by atoms with Gasteiger partial charge in [-0.1, -0.05) is 31.7 Å². The first-order valence-corrected chi connectivity index (χ1v) is 9.13. The van der Waals surface area contributed by atoms with Crippen molar-refractivity contribution in [1.29, 1.82) is 0 Å². The van der Waals surface area contributed by atoms with Crippen molar-refractivity contribution in [3.05, 3.63) is 23.9 Å². The summed E-state index contributed by atoms with van der Waals surface area (Å²) >= 11 is 0. The molecule has 0 radical (unpaired) electrons. The van der Waals surface area contributed by atoms with Crippen LogP contribution in [0.3, 0.4) is 0 Å². The lowest BCUT2D eigenvalue weighted by Crippen LogP contribution is -2.41. The van der Waals surface area contributed by atoms with E-state index in [2.05, 4.69) is 20.5 Å². The number of aromatic nitrogens is 1. The van der Waals surface area contributed by atoms with Crippen LogP contribution in [0, 0.1) is 0 Å². The van der Waals surface area contributed by atoms with E-state index in [1.54, 1.807) is 0 Å². The highest BCUT2D eigenvalue weighted by Gasteiger charge is 2.15. The van der Waals surface area contributed by atoms with Crippen LogP contribution < -0.4 is 15.5 Å². The summed E-state index contributed by atoms with van der Waals surface area (Å²) in [6.45, 7) is 3.79. The van der Waals surface area contributed by atoms with Crippen molar-refractivity contribution in [1.82, 2.24) is 15.6 Å². The van der Waals surface area contributed by atoms with Gasteiger partial charge >= 0.3 is 6.03 Å². The Morgan fingerprint density at radius 3 is 2.58 bits per heavy atom. The van der Waals surface area contributed by atoms with Gasteiger partial charge in [0.2, 0.25) is 0 Å². The Hall–Kier alpha value is -1.82. The van der Waals surface area contributed by atoms with Gasteiger partial charge in [-0.15, -0.1) is 0 Å². The minimum Gasteiger partial charge on any atom is -0.378 e. The van der Waals surface area contributed by atoms with Gasteiger partial charge in [0.25, 0.3) is 0 Å². The first-order chi connectivity index (χ1) is 11.8. The molecule has 2 fully saturated rings. The maximum absolute atomic E-state index is 12.0. The molecule has 2 heterocycles. The van der Waals surface area contributed by atoms with Crippen LogP contribution >= 0.6 is 0 Å². The Balaban J connectivity index is 1.43. The Labute approximate surface area is 144 Å². The van der Waals surface area contributed by atoms with Crippen molar-refractivity contribution >= 4 is 11.8 Å². The molecule has 1 aromatic heterocycles. The van der Waals surface area contributed by atoms with E-state index in [9.17, 15) is 4.79 Å². The van der Waals surface area contributed by atoms with Gasteiger partial charge in [-0.3, -0.25) is 0 Å². The van der Waals surface area contributed by atoms with E-state index in [0.717, 1.165) is 50.5 Å². The smallest absolute Gasteiger partial charge is 0.315 e. The molecule has 1 saturated heterocycles. The van der Waals surface area contributed by atoms with E-state index < -0.39 is 0 Å². The minimum absolute atomic E-state index is 0.0702. The number of hydrogen-bond acceptors (Lipinski definition) is 4. The van der Waals surface area contributed by atoms with E-state index in [1.807, 2.05) is 18.3 Å². The molecule has 132 valence electrons. The molecule has 2 N–H and O–H groups in total. The van der Waals surface area contributed by atoms with Crippen LogP contribution in [0.1, 0.15) is 44.1 Å². The molecule has 0 spiro atoms. The van der Waals surface area contributed by atoms with Gasteiger partial charge in [-0.25, -0.2) is 9.78 Å². The number of anilines is 1. The summed E-state index contributed by atoms with van der Waals surface area (Å²) in [5.41, 5.74) is 1.02. The first kappa shape index (κ1) is 17.0. The molecule has 1 saturated carbocycles. The Morgan fingerprint density at radius 2 is 1.92 bits per heavy atom. The summed E-state index contributed by atoms with van der Waals surface area (Å²) in [5.74, 6) is 0.977. The highest BCUT2D eigenvalue weighted by Crippen LogP contribution is 2.17. The van der Waals surface area contributed by atoms with Gasteiger partial charge < -0.3 is 20.3 Å². The maximum Gasteiger partial charge on any atom is 0.315 e. The van der Waals surface area contributed by atoms with Gasteiger partial charge in [0.15, 0.2) is 0 Å². The second kappa shape index (κ2) is 8.87. The quantitative estimate of drug-likeness (QED) is 0.831. The number of urea groups is 1. The molecule has 6 nitrogen and oxygen atoms in total. The predicted molar refractivity (Wildman–Crippen MR) is 94.1 cm³/mol. The first-order valence-electron chi connectivity index (χ1n) is 9.13. The van der Waals surface area contributed by atoms with Crippen LogP contribution in [0.2, 0.25) is 0 Å². The van der Waals surface area contributed by atoms with Gasteiger partial charge in [0.1, 0.15) is 5.82 Å². The molecule has 0 atom stereocenters. The molecule has 0 aromatic carbocycles. The molecular weight excluding hydrogens is 304 g/mol. The van der Waals surface area contributed by atoms with Crippen molar-refractivity contribution in [2.75, 3.05) is 31.2 Å². The normalized spacial score (nSPS) is 19.6. The lowest BCUT2D eigenvalue weighted by atomic mass is 10.1. The van der Waals surface area contributed by atoms with Crippen molar-refractivity contribution < 1.29 is 9.53 Å². The van der Waals surface area contributed by atoms with Gasteiger partial charge in [0.05, 0.1) is 13.2 Å². The van der Waals surface area contributed by atoms with Gasteiger partial charge in [-0.05, 0) is 24.5 Å². The zero-order valence-electron chi connectivity index (χ0n) is 14.3. The average molecular weight is 332 g/mol. The highest BCUT2D eigenvalue weighted by molar-refractivity contribution is 5.74. The molecule has 1 aliphatic carbocycles. The number of nitrogens with one attached hydrogen (secondary N) is 2. The summed E-state index contributed by atoms with van der Waals surface area (Å²) in [4.78, 5) is 18.8. The Kier molecular flexibility index (Phi) is 6.29. The van der Waals surface area contributed by atoms with Crippen LogP contribution in [-0.4, -0.2) is 43.4 Å². The highest BCUT2D eigenvalue weighted by atomic mass is 16.5. The molecule has 1 aromatic rings. The lowest BCUT2D eigenvalue weighted by molar-refractivity contribution is 0.122. The standard InChI is InChI=1S/C18H28N4O2/c23-18(21-16-5-3-1-2-4-6-16)20-14-15-7-8-17(19-13-15)22-9-11-24-12-10-22/h7-8,13,16H,1-6,9-12,14H2,(H2,20,21,23). The van der Waals surface area contributed by atoms with Crippen LogP contribution in [0.15, 0.2) is 18.3 Å². The number of carbonyl (C=O) groups excluding carboxylic acids is 1. The number of ether oxygens (including phenoxy) is 1. The van der Waals surface area contributed by atoms with Gasteiger partial charge in [0, 0.05) is 31.9 Å². The molecule has 2 aliphatic rings. The molecule has 2 amide bonds. The molecule has 1 aliphatic heterocycles. The Morgan fingerprint density at radius 1 is 1.17 bits per heavy atom. The van der Waals surface area contributed by atoms with Crippen molar-refractivity contribution in [3.63, 3.8) is 0 Å². The lowest BCUT2D eigenvalue weighted by Gasteiger charge is -2.27. The summed E-state index contributed by atoms with van der Waals surface area (Å²) in [6, 6.07) is 4.31. The molecule has 0 bridgehead atoms. The van der Waals surface area contributed by atoms with Gasteiger partial charge in [-0.2, -0.15) is 0 Å². The van der Waals surface area contributed by atoms with Crippen LogP contribution in [0.5, 0.6) is 0 Å². The summed E-state index contributed by atoms with van der Waals surface area (Å²) in [7, 11) is 0. The number of morpholine rings is 1. The maximum atomic E-state index is 12.0. The third-order valence-electron chi connectivity index (χ3n) is 4.79. The molecular formula is C18H28N4O2. The van der Waals surface area contributed by atoms with E-state index in [0.29, 0.717) is 12.6 Å². The largest absolute Gasteiger partial charge is 0.378 e. The molecule has 24 heavy (non-hydrogen) atoms. The zero-order chi connectivity index (χ0) is 16.6. The van der Waals surface area contributed by atoms with E-state index >= 15 is 0 Å². The third kappa shape index (κ3) is 5.09. The fourth-order valence-electron chi connectivity index (χ4n) is 3.34. The molecule has 0 unspecified atom stereocenters. The Bertz CT molecular complexity index is 506. The fourth-order valence-corrected chi connectivity index (χ4v) is 3.34. The second-order valence-corrected chi connectivity index (χ2v) is 6.64. The number of pyridine rings is 1. The van der Waals surface area contributed by atoms with E-state index in [4.69, 9.17) is 4.74 Å². The van der Waals surface area contributed by atoms with Crippen molar-refractivity contribution in [2.45, 2.75) is 51.1 Å². The van der Waals surface area contributed by atoms with Crippen LogP contribution in [0.25, 0.3) is 0 Å².